The Labute approximate surface area is 233 Å². The predicted octanol–water partition coefficient (Wildman–Crippen LogP) is 3.42. The summed E-state index contributed by atoms with van der Waals surface area (Å²) in [5.74, 6) is -2.21. The number of hydrogen-bond donors (Lipinski definition) is 2. The summed E-state index contributed by atoms with van der Waals surface area (Å²) in [5, 5.41) is 5.48. The zero-order valence-electron chi connectivity index (χ0n) is 22.2. The molecule has 2 N–H and O–H groups in total. The van der Waals surface area contributed by atoms with Crippen LogP contribution in [0.3, 0.4) is 0 Å². The molecule has 2 bridgehead atoms. The van der Waals surface area contributed by atoms with Gasteiger partial charge in [-0.25, -0.2) is 9.59 Å². The van der Waals surface area contributed by atoms with E-state index in [1.807, 2.05) is 60.7 Å². The van der Waals surface area contributed by atoms with Gasteiger partial charge in [0.05, 0.1) is 24.3 Å². The van der Waals surface area contributed by atoms with E-state index in [1.165, 1.54) is 18.5 Å². The fraction of sp³-hybridized carbons (Fsp3) is 0.323. The molecule has 1 aromatic heterocycles. The summed E-state index contributed by atoms with van der Waals surface area (Å²) in [6.07, 6.45) is 5.98. The first-order valence-electron chi connectivity index (χ1n) is 13.5. The molecular formula is C31H33N3O6. The first-order chi connectivity index (χ1) is 19.5. The predicted molar refractivity (Wildman–Crippen MR) is 147 cm³/mol. The van der Waals surface area contributed by atoms with Crippen molar-refractivity contribution in [2.75, 3.05) is 13.2 Å². The van der Waals surface area contributed by atoms with Gasteiger partial charge in [0.2, 0.25) is 0 Å². The Morgan fingerprint density at radius 3 is 1.48 bits per heavy atom. The largest absolute Gasteiger partial charge is 0.464 e. The molecule has 208 valence electrons. The Balaban J connectivity index is 1.56. The summed E-state index contributed by atoms with van der Waals surface area (Å²) in [6.45, 7) is 0.433. The summed E-state index contributed by atoms with van der Waals surface area (Å²) in [5.41, 5.74) is 1.92. The smallest absolute Gasteiger partial charge is 0.328 e. The number of ether oxygens (including phenoxy) is 2. The number of rotatable bonds is 4. The van der Waals surface area contributed by atoms with Crippen LogP contribution in [0.25, 0.3) is 0 Å². The maximum Gasteiger partial charge on any atom is 0.328 e. The molecule has 1 aliphatic heterocycles. The Bertz CT molecular complexity index is 1200. The SMILES string of the molecule is O=C1N[C@H](Cc2ccccc2)C(=O)OCCCCCCOC(=O)[C@@H](Cc2ccccc2)NC(=O)c2cncc1c2. The summed E-state index contributed by atoms with van der Waals surface area (Å²) in [7, 11) is 0. The lowest BCUT2D eigenvalue weighted by molar-refractivity contribution is -0.147. The average Bonchev–Trinajstić information content (AvgIpc) is 2.98. The summed E-state index contributed by atoms with van der Waals surface area (Å²) >= 11 is 0. The zero-order chi connectivity index (χ0) is 28.2. The molecule has 3 aromatic rings. The van der Waals surface area contributed by atoms with E-state index in [0.29, 0.717) is 12.8 Å². The molecule has 4 rings (SSSR count). The first-order valence-corrected chi connectivity index (χ1v) is 13.5. The van der Waals surface area contributed by atoms with Crippen LogP contribution >= 0.6 is 0 Å². The second-order valence-electron chi connectivity index (χ2n) is 9.64. The Kier molecular flexibility index (Phi) is 10.4. The number of aromatic nitrogens is 1. The Hall–Kier alpha value is -4.53. The van der Waals surface area contributed by atoms with Gasteiger partial charge in [0.25, 0.3) is 11.8 Å². The first kappa shape index (κ1) is 28.5. The van der Waals surface area contributed by atoms with Gasteiger partial charge in [-0.1, -0.05) is 60.7 Å². The molecule has 0 saturated heterocycles. The van der Waals surface area contributed by atoms with Crippen LogP contribution < -0.4 is 10.6 Å². The molecule has 9 heteroatoms. The molecule has 2 amide bonds. The third-order valence-electron chi connectivity index (χ3n) is 6.53. The van der Waals surface area contributed by atoms with Crippen molar-refractivity contribution in [1.82, 2.24) is 15.6 Å². The number of nitrogens with one attached hydrogen (secondary N) is 2. The highest BCUT2D eigenvalue weighted by Gasteiger charge is 2.26. The number of nitrogens with zero attached hydrogens (tertiary/aromatic N) is 1. The molecule has 0 radical (unpaired) electrons. The quantitative estimate of drug-likeness (QED) is 0.483. The van der Waals surface area contributed by atoms with E-state index in [1.54, 1.807) is 0 Å². The van der Waals surface area contributed by atoms with Crippen molar-refractivity contribution in [2.24, 2.45) is 0 Å². The summed E-state index contributed by atoms with van der Waals surface area (Å²) < 4.78 is 11.0. The minimum Gasteiger partial charge on any atom is -0.464 e. The van der Waals surface area contributed by atoms with E-state index in [2.05, 4.69) is 15.6 Å². The second-order valence-corrected chi connectivity index (χ2v) is 9.64. The fourth-order valence-corrected chi connectivity index (χ4v) is 4.36. The third-order valence-corrected chi connectivity index (χ3v) is 6.53. The third kappa shape index (κ3) is 8.49. The van der Waals surface area contributed by atoms with Gasteiger partial charge in [0, 0.05) is 25.2 Å². The van der Waals surface area contributed by atoms with E-state index in [-0.39, 0.29) is 37.2 Å². The van der Waals surface area contributed by atoms with E-state index in [4.69, 9.17) is 9.47 Å². The van der Waals surface area contributed by atoms with E-state index >= 15 is 0 Å². The molecule has 0 saturated carbocycles. The van der Waals surface area contributed by atoms with Crippen LogP contribution in [-0.4, -0.2) is 54.0 Å². The standard InChI is InChI=1S/C31H33N3O6/c35-28-24-19-25(21-32-20-24)29(36)34-27(18-23-13-7-4-8-14-23)31(38)40-16-10-2-1-9-15-39-30(37)26(33-28)17-22-11-5-3-6-12-22/h3-8,11-14,19-21,26-27H,1-2,9-10,15-18H2,(H,33,35)(H,34,36)/t26-,27-/m1/s1. The summed E-state index contributed by atoms with van der Waals surface area (Å²) in [6, 6.07) is 18.2. The highest BCUT2D eigenvalue weighted by molar-refractivity contribution is 6.01. The minimum absolute atomic E-state index is 0.0959. The van der Waals surface area contributed by atoms with E-state index in [0.717, 1.165) is 24.0 Å². The molecule has 9 nitrogen and oxygen atoms in total. The van der Waals surface area contributed by atoms with Gasteiger partial charge in [0.1, 0.15) is 12.1 Å². The van der Waals surface area contributed by atoms with Crippen molar-refractivity contribution in [2.45, 2.75) is 50.6 Å². The highest BCUT2D eigenvalue weighted by Crippen LogP contribution is 2.11. The molecule has 0 spiro atoms. The van der Waals surface area contributed by atoms with Crippen LogP contribution in [0.15, 0.2) is 79.1 Å². The van der Waals surface area contributed by atoms with Crippen LogP contribution in [0.5, 0.6) is 0 Å². The molecule has 0 aliphatic carbocycles. The number of carbonyl (C=O) groups excluding carboxylic acids is 4. The van der Waals surface area contributed by atoms with E-state index in [9.17, 15) is 19.2 Å². The molecule has 2 aromatic carbocycles. The number of carbonyl (C=O) groups is 4. The number of cyclic esters (lactones) is 2. The van der Waals surface area contributed by atoms with Gasteiger partial charge in [-0.05, 0) is 42.9 Å². The van der Waals surface area contributed by atoms with Crippen LogP contribution in [0.4, 0.5) is 0 Å². The minimum atomic E-state index is -0.921. The number of fused-ring (bicyclic) bond motifs is 2. The van der Waals surface area contributed by atoms with Crippen molar-refractivity contribution in [3.8, 4) is 0 Å². The van der Waals surface area contributed by atoms with Gasteiger partial charge < -0.3 is 20.1 Å². The van der Waals surface area contributed by atoms with Crippen molar-refractivity contribution < 1.29 is 28.7 Å². The number of pyridine rings is 1. The molecule has 2 atom stereocenters. The summed E-state index contributed by atoms with van der Waals surface area (Å²) in [4.78, 5) is 56.2. The lowest BCUT2D eigenvalue weighted by Gasteiger charge is -2.19. The normalized spacial score (nSPS) is 19.6. The van der Waals surface area contributed by atoms with Crippen molar-refractivity contribution in [3.05, 3.63) is 101 Å². The monoisotopic (exact) mass is 543 g/mol. The Morgan fingerprint density at radius 1 is 0.625 bits per heavy atom. The lowest BCUT2D eigenvalue weighted by Crippen LogP contribution is -2.44. The Morgan fingerprint density at radius 2 is 1.05 bits per heavy atom. The van der Waals surface area contributed by atoms with Crippen LogP contribution in [-0.2, 0) is 31.9 Å². The number of esters is 2. The average molecular weight is 544 g/mol. The van der Waals surface area contributed by atoms with Crippen molar-refractivity contribution in [3.63, 3.8) is 0 Å². The maximum absolute atomic E-state index is 13.2. The molecule has 0 unspecified atom stereocenters. The van der Waals surface area contributed by atoms with Crippen LogP contribution in [0, 0.1) is 0 Å². The van der Waals surface area contributed by atoms with Crippen LogP contribution in [0.2, 0.25) is 0 Å². The van der Waals surface area contributed by atoms with Crippen molar-refractivity contribution in [1.29, 1.82) is 0 Å². The van der Waals surface area contributed by atoms with Gasteiger partial charge in [-0.2, -0.15) is 0 Å². The van der Waals surface area contributed by atoms with Crippen molar-refractivity contribution >= 4 is 23.8 Å². The van der Waals surface area contributed by atoms with Crippen LogP contribution in [0.1, 0.15) is 57.5 Å². The van der Waals surface area contributed by atoms with Gasteiger partial charge in [-0.15, -0.1) is 0 Å². The molecule has 0 fully saturated rings. The molecule has 40 heavy (non-hydrogen) atoms. The topological polar surface area (TPSA) is 124 Å². The van der Waals surface area contributed by atoms with Gasteiger partial charge in [-0.3, -0.25) is 14.6 Å². The number of benzene rings is 2. The maximum atomic E-state index is 13.2. The van der Waals surface area contributed by atoms with Gasteiger partial charge in [0.15, 0.2) is 0 Å². The number of hydrogen-bond acceptors (Lipinski definition) is 7. The second kappa shape index (κ2) is 14.6. The van der Waals surface area contributed by atoms with E-state index < -0.39 is 35.8 Å². The zero-order valence-corrected chi connectivity index (χ0v) is 22.2. The highest BCUT2D eigenvalue weighted by atomic mass is 16.5. The molecule has 2 heterocycles. The molecular weight excluding hydrogens is 510 g/mol. The lowest BCUT2D eigenvalue weighted by atomic mass is 10.0. The number of amides is 2. The molecule has 1 aliphatic rings. The van der Waals surface area contributed by atoms with Gasteiger partial charge >= 0.3 is 11.9 Å². The fourth-order valence-electron chi connectivity index (χ4n) is 4.36.